The van der Waals surface area contributed by atoms with Gasteiger partial charge in [-0.25, -0.2) is 5.43 Å². The zero-order valence-corrected chi connectivity index (χ0v) is 14.0. The number of nitrogens with one attached hydrogen (secondary N) is 1. The van der Waals surface area contributed by atoms with E-state index in [9.17, 15) is 4.79 Å². The molecule has 0 saturated carbocycles. The Hall–Kier alpha value is -2.63. The zero-order chi connectivity index (χ0) is 16.8. The van der Waals surface area contributed by atoms with Crippen LogP contribution in [0.5, 0.6) is 5.75 Å². The fourth-order valence-corrected chi connectivity index (χ4v) is 2.05. The van der Waals surface area contributed by atoms with Crippen LogP contribution in [0.3, 0.4) is 0 Å². The molecular formula is C17H22N4O2. The lowest BCUT2D eigenvalue weighted by Gasteiger charge is -2.09. The van der Waals surface area contributed by atoms with E-state index >= 15 is 0 Å². The summed E-state index contributed by atoms with van der Waals surface area (Å²) >= 11 is 0. The summed E-state index contributed by atoms with van der Waals surface area (Å²) in [6.07, 6.45) is 3.47. The van der Waals surface area contributed by atoms with Crippen LogP contribution in [0.2, 0.25) is 0 Å². The monoisotopic (exact) mass is 314 g/mol. The topological polar surface area (TPSA) is 68.5 Å². The summed E-state index contributed by atoms with van der Waals surface area (Å²) in [7, 11) is 0. The smallest absolute Gasteiger partial charge is 0.277 e. The highest BCUT2D eigenvalue weighted by Crippen LogP contribution is 2.20. The van der Waals surface area contributed by atoms with Gasteiger partial charge in [0, 0.05) is 18.3 Å². The molecule has 0 bridgehead atoms. The standard InChI is InChI=1S/C17H22N4O2/c1-5-21-10-15(14(4)20-21)9-18-19-17(22)11-23-16-8-6-7-12(2)13(16)3/h6-10H,5,11H2,1-4H3,(H,19,22)/b18-9+. The van der Waals surface area contributed by atoms with Crippen molar-refractivity contribution in [1.82, 2.24) is 15.2 Å². The molecule has 1 aromatic carbocycles. The van der Waals surface area contributed by atoms with E-state index in [2.05, 4.69) is 15.6 Å². The Balaban J connectivity index is 1.86. The maximum atomic E-state index is 11.8. The summed E-state index contributed by atoms with van der Waals surface area (Å²) in [5.41, 5.74) is 6.37. The van der Waals surface area contributed by atoms with Gasteiger partial charge in [-0.1, -0.05) is 12.1 Å². The molecule has 0 unspecified atom stereocenters. The molecule has 1 N–H and O–H groups in total. The summed E-state index contributed by atoms with van der Waals surface area (Å²) in [5, 5.41) is 8.25. The summed E-state index contributed by atoms with van der Waals surface area (Å²) in [6, 6.07) is 5.76. The minimum Gasteiger partial charge on any atom is -0.483 e. The maximum absolute atomic E-state index is 11.8. The van der Waals surface area contributed by atoms with Crippen LogP contribution in [0, 0.1) is 20.8 Å². The molecule has 0 aliphatic heterocycles. The SMILES string of the molecule is CCn1cc(/C=N/NC(=O)COc2cccc(C)c2C)c(C)n1. The second-order valence-electron chi connectivity index (χ2n) is 5.31. The molecule has 2 aromatic rings. The first-order valence-electron chi connectivity index (χ1n) is 7.56. The molecule has 1 aromatic heterocycles. The summed E-state index contributed by atoms with van der Waals surface area (Å²) in [4.78, 5) is 11.8. The Labute approximate surface area is 136 Å². The van der Waals surface area contributed by atoms with Gasteiger partial charge in [0.15, 0.2) is 6.61 Å². The van der Waals surface area contributed by atoms with Gasteiger partial charge in [-0.05, 0) is 44.9 Å². The Kier molecular flexibility index (Phi) is 5.51. The first-order chi connectivity index (χ1) is 11.0. The quantitative estimate of drug-likeness (QED) is 0.657. The lowest BCUT2D eigenvalue weighted by molar-refractivity contribution is -0.123. The van der Waals surface area contributed by atoms with Crippen LogP contribution in [0.15, 0.2) is 29.5 Å². The third kappa shape index (κ3) is 4.42. The molecule has 0 radical (unpaired) electrons. The third-order valence-electron chi connectivity index (χ3n) is 3.61. The molecule has 0 fully saturated rings. The minimum atomic E-state index is -0.303. The number of carbonyl (C=O) groups excluding carboxylic acids is 1. The molecule has 0 saturated heterocycles. The second kappa shape index (κ2) is 7.58. The van der Waals surface area contributed by atoms with E-state index in [1.54, 1.807) is 6.21 Å². The molecule has 0 atom stereocenters. The third-order valence-corrected chi connectivity index (χ3v) is 3.61. The van der Waals surface area contributed by atoms with E-state index < -0.39 is 0 Å². The molecular weight excluding hydrogens is 292 g/mol. The van der Waals surface area contributed by atoms with Crippen molar-refractivity contribution >= 4 is 12.1 Å². The molecule has 0 aliphatic carbocycles. The summed E-state index contributed by atoms with van der Waals surface area (Å²) < 4.78 is 7.35. The van der Waals surface area contributed by atoms with E-state index in [0.717, 1.165) is 28.9 Å². The minimum absolute atomic E-state index is 0.0746. The highest BCUT2D eigenvalue weighted by atomic mass is 16.5. The number of hydrogen-bond donors (Lipinski definition) is 1. The highest BCUT2D eigenvalue weighted by molar-refractivity contribution is 5.83. The van der Waals surface area contributed by atoms with E-state index in [-0.39, 0.29) is 12.5 Å². The van der Waals surface area contributed by atoms with Gasteiger partial charge < -0.3 is 4.74 Å². The summed E-state index contributed by atoms with van der Waals surface area (Å²) in [5.74, 6) is 0.409. The van der Waals surface area contributed by atoms with E-state index in [4.69, 9.17) is 4.74 Å². The van der Waals surface area contributed by atoms with Crippen LogP contribution in [0.25, 0.3) is 0 Å². The first-order valence-corrected chi connectivity index (χ1v) is 7.56. The Morgan fingerprint density at radius 3 is 2.87 bits per heavy atom. The molecule has 2 rings (SSSR count). The van der Waals surface area contributed by atoms with Crippen LogP contribution in [0.4, 0.5) is 0 Å². The van der Waals surface area contributed by atoms with Gasteiger partial charge in [0.1, 0.15) is 5.75 Å². The van der Waals surface area contributed by atoms with Crippen LogP contribution in [-0.4, -0.2) is 28.5 Å². The number of aryl methyl sites for hydroxylation is 3. The van der Waals surface area contributed by atoms with Crippen molar-refractivity contribution < 1.29 is 9.53 Å². The van der Waals surface area contributed by atoms with Gasteiger partial charge in [-0.15, -0.1) is 0 Å². The van der Waals surface area contributed by atoms with Gasteiger partial charge in [-0.3, -0.25) is 9.48 Å². The Morgan fingerprint density at radius 2 is 2.17 bits per heavy atom. The Bertz CT molecular complexity index is 719. The van der Waals surface area contributed by atoms with E-state index in [1.807, 2.05) is 56.8 Å². The predicted octanol–water partition coefficient (Wildman–Crippen LogP) is 2.36. The number of hydrazone groups is 1. The van der Waals surface area contributed by atoms with Crippen LogP contribution in [0.1, 0.15) is 29.3 Å². The molecule has 0 aliphatic rings. The molecule has 6 nitrogen and oxygen atoms in total. The number of benzene rings is 1. The van der Waals surface area contributed by atoms with Crippen molar-refractivity contribution in [3.63, 3.8) is 0 Å². The molecule has 1 heterocycles. The van der Waals surface area contributed by atoms with Crippen LogP contribution < -0.4 is 10.2 Å². The van der Waals surface area contributed by atoms with Gasteiger partial charge in [-0.2, -0.15) is 10.2 Å². The van der Waals surface area contributed by atoms with Gasteiger partial charge in [0.05, 0.1) is 11.9 Å². The van der Waals surface area contributed by atoms with Crippen LogP contribution >= 0.6 is 0 Å². The van der Waals surface area contributed by atoms with E-state index in [0.29, 0.717) is 5.75 Å². The van der Waals surface area contributed by atoms with Crippen molar-refractivity contribution in [2.24, 2.45) is 5.10 Å². The highest BCUT2D eigenvalue weighted by Gasteiger charge is 2.06. The van der Waals surface area contributed by atoms with Crippen molar-refractivity contribution in [3.8, 4) is 5.75 Å². The van der Waals surface area contributed by atoms with Crippen LogP contribution in [-0.2, 0) is 11.3 Å². The number of nitrogens with zero attached hydrogens (tertiary/aromatic N) is 3. The molecule has 23 heavy (non-hydrogen) atoms. The predicted molar refractivity (Wildman–Crippen MR) is 89.8 cm³/mol. The second-order valence-corrected chi connectivity index (χ2v) is 5.31. The number of amides is 1. The average Bonchev–Trinajstić information content (AvgIpc) is 2.89. The number of ether oxygens (including phenoxy) is 1. The number of carbonyl (C=O) groups is 1. The maximum Gasteiger partial charge on any atom is 0.277 e. The fraction of sp³-hybridized carbons (Fsp3) is 0.353. The van der Waals surface area contributed by atoms with E-state index in [1.165, 1.54) is 0 Å². The van der Waals surface area contributed by atoms with Crippen molar-refractivity contribution in [2.75, 3.05) is 6.61 Å². The van der Waals surface area contributed by atoms with Crippen molar-refractivity contribution in [1.29, 1.82) is 0 Å². The van der Waals surface area contributed by atoms with Gasteiger partial charge in [0.25, 0.3) is 5.91 Å². The van der Waals surface area contributed by atoms with Gasteiger partial charge in [0.2, 0.25) is 0 Å². The first kappa shape index (κ1) is 16.7. The van der Waals surface area contributed by atoms with Crippen molar-refractivity contribution in [3.05, 3.63) is 46.8 Å². The number of aromatic nitrogens is 2. The molecule has 122 valence electrons. The summed E-state index contributed by atoms with van der Waals surface area (Å²) in [6.45, 7) is 8.61. The lowest BCUT2D eigenvalue weighted by Crippen LogP contribution is -2.24. The zero-order valence-electron chi connectivity index (χ0n) is 14.0. The lowest BCUT2D eigenvalue weighted by atomic mass is 10.1. The van der Waals surface area contributed by atoms with Gasteiger partial charge >= 0.3 is 0 Å². The largest absolute Gasteiger partial charge is 0.483 e. The molecule has 6 heteroatoms. The fourth-order valence-electron chi connectivity index (χ4n) is 2.05. The van der Waals surface area contributed by atoms with Crippen molar-refractivity contribution in [2.45, 2.75) is 34.2 Å². The molecule has 0 spiro atoms. The number of hydrogen-bond acceptors (Lipinski definition) is 4. The average molecular weight is 314 g/mol. The Morgan fingerprint density at radius 1 is 1.39 bits per heavy atom. The normalized spacial score (nSPS) is 11.0. The molecule has 1 amide bonds. The number of rotatable bonds is 6.